The quantitative estimate of drug-likeness (QED) is 0.617. The van der Waals surface area contributed by atoms with E-state index in [9.17, 15) is 4.39 Å². The maximum atomic E-state index is 13.7. The van der Waals surface area contributed by atoms with Gasteiger partial charge in [0.1, 0.15) is 5.75 Å². The van der Waals surface area contributed by atoms with Crippen LogP contribution in [0.2, 0.25) is 0 Å². The summed E-state index contributed by atoms with van der Waals surface area (Å²) in [7, 11) is 0. The average Bonchev–Trinajstić information content (AvgIpc) is 2.53. The lowest BCUT2D eigenvalue weighted by molar-refractivity contribution is -0.106. The fraction of sp³-hybridized carbons (Fsp3) is 0.316. The molecule has 0 unspecified atom stereocenters. The van der Waals surface area contributed by atoms with Crippen LogP contribution < -0.4 is 10.5 Å². The normalized spacial score (nSPS) is 9.70. The number of carbonyl (C=O) groups excluding carboxylic acids is 1. The van der Waals surface area contributed by atoms with Crippen LogP contribution in [0.4, 0.5) is 4.39 Å². The maximum absolute atomic E-state index is 13.7. The van der Waals surface area contributed by atoms with E-state index in [1.54, 1.807) is 6.07 Å². The van der Waals surface area contributed by atoms with Gasteiger partial charge in [-0.05, 0) is 55.2 Å². The first kappa shape index (κ1) is 18.7. The second-order valence-electron chi connectivity index (χ2n) is 5.27. The van der Waals surface area contributed by atoms with Gasteiger partial charge < -0.3 is 10.5 Å². The van der Waals surface area contributed by atoms with Gasteiger partial charge in [0, 0.05) is 0 Å². The largest absolute Gasteiger partial charge is 0.454 e. The summed E-state index contributed by atoms with van der Waals surface area (Å²) in [6.45, 7) is 4.06. The Hall–Kier alpha value is -2.36. The van der Waals surface area contributed by atoms with Gasteiger partial charge in [0.2, 0.25) is 6.41 Å². The van der Waals surface area contributed by atoms with E-state index < -0.39 is 0 Å². The molecule has 0 fully saturated rings. The summed E-state index contributed by atoms with van der Waals surface area (Å²) in [5, 5.41) is 0. The van der Waals surface area contributed by atoms with E-state index in [1.165, 1.54) is 30.9 Å². The number of rotatable bonds is 6. The van der Waals surface area contributed by atoms with Gasteiger partial charge in [-0.25, -0.2) is 4.39 Å². The van der Waals surface area contributed by atoms with Crippen molar-refractivity contribution in [3.8, 4) is 11.5 Å². The molecule has 0 aliphatic carbocycles. The fourth-order valence-corrected chi connectivity index (χ4v) is 2.12. The minimum atomic E-state index is -0.322. The molecule has 0 heterocycles. The molecule has 2 aromatic carbocycles. The van der Waals surface area contributed by atoms with Gasteiger partial charge in [-0.1, -0.05) is 38.0 Å². The van der Waals surface area contributed by atoms with Crippen molar-refractivity contribution in [1.29, 1.82) is 0 Å². The van der Waals surface area contributed by atoms with Gasteiger partial charge in [0.05, 0.1) is 0 Å². The maximum Gasteiger partial charge on any atom is 0.204 e. The third-order valence-electron chi connectivity index (χ3n) is 3.31. The van der Waals surface area contributed by atoms with Crippen molar-refractivity contribution in [2.75, 3.05) is 0 Å². The van der Waals surface area contributed by atoms with Crippen LogP contribution in [0, 0.1) is 12.7 Å². The summed E-state index contributed by atoms with van der Waals surface area (Å²) in [6.07, 6.45) is 5.04. The van der Waals surface area contributed by atoms with Gasteiger partial charge >= 0.3 is 0 Å². The molecule has 2 N–H and O–H groups in total. The van der Waals surface area contributed by atoms with Crippen molar-refractivity contribution in [2.45, 2.75) is 39.5 Å². The summed E-state index contributed by atoms with van der Waals surface area (Å²) < 4.78 is 19.3. The van der Waals surface area contributed by atoms with Crippen molar-refractivity contribution in [3.05, 3.63) is 59.4 Å². The molecule has 0 atom stereocenters. The number of benzene rings is 2. The minimum absolute atomic E-state index is 0.250. The zero-order valence-electron chi connectivity index (χ0n) is 13.7. The Morgan fingerprint density at radius 1 is 1.13 bits per heavy atom. The highest BCUT2D eigenvalue weighted by atomic mass is 19.1. The number of carbonyl (C=O) groups is 1. The molecule has 3 nitrogen and oxygen atoms in total. The molecule has 1 amide bonds. The number of amides is 1. The lowest BCUT2D eigenvalue weighted by Crippen LogP contribution is -1.90. The van der Waals surface area contributed by atoms with Crippen molar-refractivity contribution in [3.63, 3.8) is 0 Å². The highest BCUT2D eigenvalue weighted by Gasteiger charge is 2.04. The molecule has 4 heteroatoms. The van der Waals surface area contributed by atoms with Crippen LogP contribution in [0.5, 0.6) is 11.5 Å². The highest BCUT2D eigenvalue weighted by molar-refractivity contribution is 5.42. The number of unbranched alkanes of at least 4 members (excludes halogenated alkanes) is 2. The molecule has 0 saturated heterocycles. The number of primary amides is 1. The first-order valence-electron chi connectivity index (χ1n) is 7.79. The number of nitrogens with two attached hydrogens (primary N) is 1. The SMILES string of the molecule is CCCCCc1ccc(Oc2ccc(C)cc2F)cc1.NC=O. The van der Waals surface area contributed by atoms with Crippen LogP contribution >= 0.6 is 0 Å². The molecule has 124 valence electrons. The minimum Gasteiger partial charge on any atom is -0.454 e. The smallest absolute Gasteiger partial charge is 0.204 e. The first-order chi connectivity index (χ1) is 11.1. The predicted octanol–water partition coefficient (Wildman–Crippen LogP) is 4.76. The number of aryl methyl sites for hydroxylation is 2. The lowest BCUT2D eigenvalue weighted by Gasteiger charge is -2.08. The van der Waals surface area contributed by atoms with E-state index >= 15 is 0 Å². The van der Waals surface area contributed by atoms with E-state index in [0.29, 0.717) is 5.75 Å². The Labute approximate surface area is 137 Å². The monoisotopic (exact) mass is 317 g/mol. The Kier molecular flexibility index (Phi) is 8.43. The van der Waals surface area contributed by atoms with E-state index in [4.69, 9.17) is 9.53 Å². The molecule has 0 spiro atoms. The third-order valence-corrected chi connectivity index (χ3v) is 3.31. The van der Waals surface area contributed by atoms with Crippen LogP contribution in [0.3, 0.4) is 0 Å². The van der Waals surface area contributed by atoms with Gasteiger partial charge in [-0.15, -0.1) is 0 Å². The number of hydrogen-bond donors (Lipinski definition) is 1. The topological polar surface area (TPSA) is 52.3 Å². The molecule has 23 heavy (non-hydrogen) atoms. The van der Waals surface area contributed by atoms with E-state index in [-0.39, 0.29) is 18.0 Å². The molecule has 2 aromatic rings. The van der Waals surface area contributed by atoms with Crippen LogP contribution in [-0.2, 0) is 11.2 Å². The van der Waals surface area contributed by atoms with Crippen LogP contribution in [0.15, 0.2) is 42.5 Å². The van der Waals surface area contributed by atoms with Crippen LogP contribution in [0.1, 0.15) is 37.3 Å². The third kappa shape index (κ3) is 6.96. The Balaban J connectivity index is 0.000000816. The molecule has 0 radical (unpaired) electrons. The number of halogens is 1. The Morgan fingerprint density at radius 2 is 1.78 bits per heavy atom. The Bertz CT molecular complexity index is 597. The van der Waals surface area contributed by atoms with Gasteiger partial charge in [-0.3, -0.25) is 4.79 Å². The van der Waals surface area contributed by atoms with Crippen LogP contribution in [-0.4, -0.2) is 6.41 Å². The van der Waals surface area contributed by atoms with Crippen LogP contribution in [0.25, 0.3) is 0 Å². The molecule has 0 aliphatic rings. The second kappa shape index (κ2) is 10.4. The van der Waals surface area contributed by atoms with Crippen molar-refractivity contribution >= 4 is 6.41 Å². The summed E-state index contributed by atoms with van der Waals surface area (Å²) in [6, 6.07) is 12.9. The fourth-order valence-electron chi connectivity index (χ4n) is 2.12. The molecule has 2 rings (SSSR count). The number of ether oxygens (including phenoxy) is 1. The van der Waals surface area contributed by atoms with E-state index in [2.05, 4.69) is 24.8 Å². The molecule has 0 aliphatic heterocycles. The zero-order chi connectivity index (χ0) is 17.1. The molecule has 0 bridgehead atoms. The molecular formula is C19H24FNO2. The summed E-state index contributed by atoms with van der Waals surface area (Å²) in [4.78, 5) is 8.58. The summed E-state index contributed by atoms with van der Waals surface area (Å²) in [5.74, 6) is 0.623. The Morgan fingerprint density at radius 3 is 2.35 bits per heavy atom. The molecule has 0 saturated carbocycles. The van der Waals surface area contributed by atoms with Crippen molar-refractivity contribution in [1.82, 2.24) is 0 Å². The lowest BCUT2D eigenvalue weighted by atomic mass is 10.1. The molecule has 0 aromatic heterocycles. The summed E-state index contributed by atoms with van der Waals surface area (Å²) >= 11 is 0. The van der Waals surface area contributed by atoms with Gasteiger partial charge in [0.25, 0.3) is 0 Å². The van der Waals surface area contributed by atoms with Crippen molar-refractivity contribution < 1.29 is 13.9 Å². The standard InChI is InChI=1S/C18H21FO.CH3NO/c1-3-4-5-6-15-8-10-16(11-9-15)20-18-12-7-14(2)13-17(18)19;2-1-3/h7-13H,3-6H2,1-2H3;1H,(H2,2,3). The van der Waals surface area contributed by atoms with E-state index in [0.717, 1.165) is 12.0 Å². The van der Waals surface area contributed by atoms with E-state index in [1.807, 2.05) is 25.1 Å². The number of hydrogen-bond acceptors (Lipinski definition) is 2. The van der Waals surface area contributed by atoms with Crippen molar-refractivity contribution in [2.24, 2.45) is 5.73 Å². The highest BCUT2D eigenvalue weighted by Crippen LogP contribution is 2.25. The van der Waals surface area contributed by atoms with Gasteiger partial charge in [0.15, 0.2) is 11.6 Å². The molecular weight excluding hydrogens is 293 g/mol. The summed E-state index contributed by atoms with van der Waals surface area (Å²) in [5.41, 5.74) is 6.36. The second-order valence-corrected chi connectivity index (χ2v) is 5.27. The zero-order valence-corrected chi connectivity index (χ0v) is 13.7. The predicted molar refractivity (Wildman–Crippen MR) is 91.1 cm³/mol. The first-order valence-corrected chi connectivity index (χ1v) is 7.79. The average molecular weight is 317 g/mol. The van der Waals surface area contributed by atoms with Gasteiger partial charge in [-0.2, -0.15) is 0 Å².